The minimum Gasteiger partial charge on any atom is -0.366 e. The number of hydrogen-bond donors (Lipinski definition) is 2. The van der Waals surface area contributed by atoms with E-state index in [4.69, 9.17) is 0 Å². The van der Waals surface area contributed by atoms with Crippen molar-refractivity contribution in [3.63, 3.8) is 0 Å². The molecule has 4 aromatic heterocycles. The van der Waals surface area contributed by atoms with Gasteiger partial charge in [0.15, 0.2) is 0 Å². The Morgan fingerprint density at radius 3 is 2.80 bits per heavy atom. The molecule has 0 atom stereocenters. The van der Waals surface area contributed by atoms with Crippen molar-refractivity contribution >= 4 is 28.7 Å². The van der Waals surface area contributed by atoms with Gasteiger partial charge < -0.3 is 25.0 Å². The Hall–Kier alpha value is -4.51. The maximum atomic E-state index is 13.5. The fourth-order valence-electron chi connectivity index (χ4n) is 6.05. The van der Waals surface area contributed by atoms with Crippen molar-refractivity contribution < 1.29 is 9.59 Å². The van der Waals surface area contributed by atoms with E-state index < -0.39 is 0 Å². The van der Waals surface area contributed by atoms with Crippen LogP contribution in [0.2, 0.25) is 0 Å². The zero-order valence-corrected chi connectivity index (χ0v) is 23.3. The number of likely N-dealkylation sites (tertiary alicyclic amines) is 1. The van der Waals surface area contributed by atoms with Gasteiger partial charge in [0.05, 0.1) is 35.1 Å². The Bertz CT molecular complexity index is 1690. The van der Waals surface area contributed by atoms with Gasteiger partial charge in [0.2, 0.25) is 0 Å². The van der Waals surface area contributed by atoms with Crippen molar-refractivity contribution in [2.24, 2.45) is 0 Å². The first kappa shape index (κ1) is 25.5. The average molecular weight is 552 g/mol. The zero-order chi connectivity index (χ0) is 28.1. The molecule has 3 aliphatic heterocycles. The van der Waals surface area contributed by atoms with Crippen LogP contribution in [0.4, 0.5) is 5.82 Å². The van der Waals surface area contributed by atoms with E-state index in [1.165, 1.54) is 0 Å². The monoisotopic (exact) mass is 551 g/mol. The molecular weight excluding hydrogens is 518 g/mol. The van der Waals surface area contributed by atoms with E-state index in [-0.39, 0.29) is 17.9 Å². The second-order valence-corrected chi connectivity index (χ2v) is 11.2. The third-order valence-electron chi connectivity index (χ3n) is 8.34. The van der Waals surface area contributed by atoms with E-state index in [1.807, 2.05) is 42.4 Å². The highest BCUT2D eigenvalue weighted by Crippen LogP contribution is 2.33. The van der Waals surface area contributed by atoms with E-state index in [0.29, 0.717) is 30.8 Å². The van der Waals surface area contributed by atoms with Gasteiger partial charge in [-0.2, -0.15) is 5.10 Å². The molecule has 41 heavy (non-hydrogen) atoms. The first-order valence-corrected chi connectivity index (χ1v) is 14.2. The number of amides is 2. The summed E-state index contributed by atoms with van der Waals surface area (Å²) in [5.41, 5.74) is 5.57. The summed E-state index contributed by atoms with van der Waals surface area (Å²) in [5.74, 6) is 1.48. The summed E-state index contributed by atoms with van der Waals surface area (Å²) in [5, 5.41) is 11.0. The fraction of sp³-hybridized carbons (Fsp3) is 0.367. The van der Waals surface area contributed by atoms with Crippen molar-refractivity contribution in [3.05, 3.63) is 82.8 Å². The molecule has 210 valence electrons. The highest BCUT2D eigenvalue weighted by molar-refractivity contribution is 6.02. The summed E-state index contributed by atoms with van der Waals surface area (Å²) in [4.78, 5) is 40.1. The number of aryl methyl sites for hydroxylation is 1. The van der Waals surface area contributed by atoms with Gasteiger partial charge in [-0.05, 0) is 69.2 Å². The largest absolute Gasteiger partial charge is 0.366 e. The van der Waals surface area contributed by atoms with Crippen LogP contribution in [0.25, 0.3) is 11.1 Å². The van der Waals surface area contributed by atoms with Gasteiger partial charge in [-0.15, -0.1) is 0 Å². The first-order chi connectivity index (χ1) is 19.9. The second-order valence-electron chi connectivity index (χ2n) is 11.2. The predicted octanol–water partition coefficient (Wildman–Crippen LogP) is 2.57. The number of fused-ring (bicyclic) bond motifs is 3. The highest BCUT2D eigenvalue weighted by atomic mass is 16.2. The molecule has 0 spiro atoms. The molecule has 7 rings (SSSR count). The van der Waals surface area contributed by atoms with Gasteiger partial charge >= 0.3 is 0 Å². The Morgan fingerprint density at radius 2 is 1.95 bits per heavy atom. The predicted molar refractivity (Wildman–Crippen MR) is 155 cm³/mol. The summed E-state index contributed by atoms with van der Waals surface area (Å²) >= 11 is 0. The van der Waals surface area contributed by atoms with Gasteiger partial charge in [0.1, 0.15) is 11.6 Å². The Morgan fingerprint density at radius 1 is 1.10 bits per heavy atom. The number of imidazole rings is 1. The third kappa shape index (κ3) is 4.76. The highest BCUT2D eigenvalue weighted by Gasteiger charge is 2.26. The normalized spacial score (nSPS) is 17.5. The first-order valence-electron chi connectivity index (χ1n) is 14.2. The van der Waals surface area contributed by atoms with E-state index in [0.717, 1.165) is 72.0 Å². The average Bonchev–Trinajstić information content (AvgIpc) is 3.59. The Balaban J connectivity index is 1.16. The smallest absolute Gasteiger partial charge is 0.255 e. The number of pyridine rings is 2. The molecule has 0 saturated carbocycles. The van der Waals surface area contributed by atoms with Gasteiger partial charge in [0.25, 0.3) is 11.8 Å². The Labute approximate surface area is 237 Å². The fourth-order valence-corrected chi connectivity index (χ4v) is 6.05. The second kappa shape index (κ2) is 10.2. The standard InChI is InChI=1S/C30H33N9O2/c1-19-17-37-11-12-38(18-27(37)34-19)30(41)21-13-24-23(3-7-31-28(24)32-15-21)20-4-10-39-26(14-20)25(16-33-39)29(40)35-22-5-8-36(2)9-6-22/h3-4,10,13-17,22H,5-9,11-12,18H2,1-2H3,(H,31,32)(H,35,40). The summed E-state index contributed by atoms with van der Waals surface area (Å²) in [6.45, 7) is 6.37. The van der Waals surface area contributed by atoms with Crippen molar-refractivity contribution in [1.82, 2.24) is 39.3 Å². The number of nitrogens with zero attached hydrogens (tertiary/aromatic N) is 7. The van der Waals surface area contributed by atoms with Crippen LogP contribution >= 0.6 is 0 Å². The lowest BCUT2D eigenvalue weighted by Crippen LogP contribution is -2.43. The minimum atomic E-state index is -0.0988. The van der Waals surface area contributed by atoms with Crippen LogP contribution in [0.15, 0.2) is 49.1 Å². The topological polar surface area (TPSA) is 113 Å². The summed E-state index contributed by atoms with van der Waals surface area (Å²) < 4.78 is 3.85. The maximum Gasteiger partial charge on any atom is 0.255 e. The lowest BCUT2D eigenvalue weighted by molar-refractivity contribution is 0.0707. The molecule has 1 fully saturated rings. The van der Waals surface area contributed by atoms with Gasteiger partial charge in [0, 0.05) is 49.8 Å². The molecule has 3 aliphatic rings. The van der Waals surface area contributed by atoms with Crippen molar-refractivity contribution in [2.45, 2.75) is 38.9 Å². The van der Waals surface area contributed by atoms with Gasteiger partial charge in [-0.3, -0.25) is 9.59 Å². The SMILES string of the molecule is Cc1cn2c(n1)CN(C(=O)c1cnc3c(c1)C(c1ccn4ncc(C(=O)NC5CCN(C)CC5)c4c1)=CCN3)CC2. The summed E-state index contributed by atoms with van der Waals surface area (Å²) in [6, 6.07) is 6.07. The molecule has 2 N–H and O–H groups in total. The molecule has 7 heterocycles. The molecule has 2 amide bonds. The summed E-state index contributed by atoms with van der Waals surface area (Å²) in [6.07, 6.45) is 11.2. The molecule has 0 aliphatic carbocycles. The van der Waals surface area contributed by atoms with Crippen molar-refractivity contribution in [2.75, 3.05) is 38.5 Å². The van der Waals surface area contributed by atoms with Crippen LogP contribution in [0.3, 0.4) is 0 Å². The number of hydrogen-bond acceptors (Lipinski definition) is 7. The summed E-state index contributed by atoms with van der Waals surface area (Å²) in [7, 11) is 2.11. The van der Waals surface area contributed by atoms with E-state index >= 15 is 0 Å². The van der Waals surface area contributed by atoms with Crippen LogP contribution in [0.1, 0.15) is 56.2 Å². The number of anilines is 1. The Kier molecular flexibility index (Phi) is 6.30. The number of piperidine rings is 1. The molecule has 1 saturated heterocycles. The van der Waals surface area contributed by atoms with Crippen LogP contribution in [0.5, 0.6) is 0 Å². The lowest BCUT2D eigenvalue weighted by Gasteiger charge is -2.29. The van der Waals surface area contributed by atoms with E-state index in [9.17, 15) is 9.59 Å². The molecule has 0 aromatic carbocycles. The maximum absolute atomic E-state index is 13.5. The molecule has 0 radical (unpaired) electrons. The molecule has 0 bridgehead atoms. The van der Waals surface area contributed by atoms with Gasteiger partial charge in [-0.25, -0.2) is 14.5 Å². The van der Waals surface area contributed by atoms with Crippen LogP contribution in [0, 0.1) is 6.92 Å². The number of carbonyl (C=O) groups excluding carboxylic acids is 2. The molecule has 0 unspecified atom stereocenters. The molecule has 4 aromatic rings. The van der Waals surface area contributed by atoms with Crippen LogP contribution in [-0.4, -0.2) is 85.0 Å². The van der Waals surface area contributed by atoms with Crippen LogP contribution in [-0.2, 0) is 13.1 Å². The minimum absolute atomic E-state index is 0.0590. The quantitative estimate of drug-likeness (QED) is 0.401. The number of nitrogens with one attached hydrogen (secondary N) is 2. The lowest BCUT2D eigenvalue weighted by atomic mass is 9.94. The molecular formula is C30H33N9O2. The van der Waals surface area contributed by atoms with Crippen molar-refractivity contribution in [1.29, 1.82) is 0 Å². The van der Waals surface area contributed by atoms with Crippen molar-refractivity contribution in [3.8, 4) is 0 Å². The van der Waals surface area contributed by atoms with Gasteiger partial charge in [-0.1, -0.05) is 6.08 Å². The zero-order valence-electron chi connectivity index (χ0n) is 23.3. The van der Waals surface area contributed by atoms with E-state index in [1.54, 1.807) is 16.9 Å². The third-order valence-corrected chi connectivity index (χ3v) is 8.34. The molecule has 11 nitrogen and oxygen atoms in total. The van der Waals surface area contributed by atoms with E-state index in [2.05, 4.69) is 48.3 Å². The van der Waals surface area contributed by atoms with Crippen LogP contribution < -0.4 is 10.6 Å². The number of carbonyl (C=O) groups is 2. The number of rotatable bonds is 4. The molecule has 11 heteroatoms. The number of aromatic nitrogens is 5.